The number of fused-ring (bicyclic) bond motifs is 1. The number of aliphatic carboxylic acids is 1. The molecule has 0 saturated carbocycles. The molecule has 0 saturated heterocycles. The van der Waals surface area contributed by atoms with Crippen molar-refractivity contribution in [1.29, 1.82) is 0 Å². The fourth-order valence-corrected chi connectivity index (χ4v) is 1.76. The van der Waals surface area contributed by atoms with Gasteiger partial charge in [-0.3, -0.25) is 0 Å². The molecule has 7 nitrogen and oxygen atoms in total. The molecule has 0 unspecified atom stereocenters. The van der Waals surface area contributed by atoms with Gasteiger partial charge < -0.3 is 19.7 Å². The predicted octanol–water partition coefficient (Wildman–Crippen LogP) is 0.495. The summed E-state index contributed by atoms with van der Waals surface area (Å²) < 4.78 is 4.75. The average Bonchev–Trinajstić information content (AvgIpc) is 3.02. The Hall–Kier alpha value is -3.35. The van der Waals surface area contributed by atoms with E-state index in [0.29, 0.717) is 5.75 Å². The van der Waals surface area contributed by atoms with E-state index < -0.39 is 18.5 Å². The molecule has 0 amide bonds. The van der Waals surface area contributed by atoms with Gasteiger partial charge in [0.1, 0.15) is 12.4 Å². The maximum absolute atomic E-state index is 10.4. The summed E-state index contributed by atoms with van der Waals surface area (Å²) in [6.45, 7) is -0.549. The van der Waals surface area contributed by atoms with Crippen LogP contribution in [0.2, 0.25) is 0 Å². The van der Waals surface area contributed by atoms with Crippen molar-refractivity contribution in [3.63, 3.8) is 0 Å². The van der Waals surface area contributed by atoms with E-state index in [0.717, 1.165) is 11.0 Å². The van der Waals surface area contributed by atoms with Gasteiger partial charge >= 0.3 is 5.97 Å². The Labute approximate surface area is 131 Å². The number of para-hydroxylation sites is 2. The number of H-pyrrole nitrogens is 2. The Morgan fingerprint density at radius 1 is 1.13 bits per heavy atom. The lowest BCUT2D eigenvalue weighted by atomic mass is 10.2. The van der Waals surface area contributed by atoms with Gasteiger partial charge in [-0.15, -0.1) is 0 Å². The Morgan fingerprint density at radius 2 is 1.83 bits per heavy atom. The van der Waals surface area contributed by atoms with Crippen molar-refractivity contribution in [3.8, 4) is 5.75 Å². The minimum Gasteiger partial charge on any atom is -0.546 e. The number of aromatic nitrogens is 2. The molecule has 0 fully saturated rings. The standard InChI is InChI=1S/C9H8O5.C7H6N2/c10-8(11)5-14-7-3-1-6(2-4-7)9(12)13;1-2-4-7-6(3-1)8-5-9-7/h1-4H,5H2,(H,10,11)(H,12,13);1-5H,(H,8,9). The molecule has 0 aliphatic rings. The largest absolute Gasteiger partial charge is 0.546 e. The first-order chi connectivity index (χ1) is 11.1. The minimum absolute atomic E-state index is 0.116. The lowest BCUT2D eigenvalue weighted by Gasteiger charge is -2.06. The van der Waals surface area contributed by atoms with Gasteiger partial charge in [0, 0.05) is 0 Å². The number of benzene rings is 2. The second kappa shape index (κ2) is 7.60. The number of ether oxygens (including phenoxy) is 1. The normalized spacial score (nSPS) is 9.74. The number of aromatic amines is 2. The number of nitrogens with one attached hydrogen (secondary N) is 2. The summed E-state index contributed by atoms with van der Waals surface area (Å²) in [4.78, 5) is 26.6. The highest BCUT2D eigenvalue weighted by molar-refractivity contribution is 5.87. The van der Waals surface area contributed by atoms with Gasteiger partial charge in [0.15, 0.2) is 11.0 Å². The van der Waals surface area contributed by atoms with E-state index >= 15 is 0 Å². The maximum Gasteiger partial charge on any atom is 0.335 e. The number of hydrogen-bond donors (Lipinski definition) is 2. The SMILES string of the molecule is O=C([O-])COc1ccc(C(=O)O)cc1.c1ccc2[nH+]c[nH]c2c1. The second-order valence-corrected chi connectivity index (χ2v) is 4.47. The molecule has 1 heterocycles. The van der Waals surface area contributed by atoms with Crippen molar-refractivity contribution in [2.45, 2.75) is 0 Å². The molecule has 0 radical (unpaired) electrons. The maximum atomic E-state index is 10.4. The molecule has 1 aromatic heterocycles. The fourth-order valence-electron chi connectivity index (χ4n) is 1.76. The van der Waals surface area contributed by atoms with Gasteiger partial charge in [0.05, 0.1) is 11.5 Å². The predicted molar refractivity (Wildman–Crippen MR) is 78.8 cm³/mol. The van der Waals surface area contributed by atoms with Crippen LogP contribution < -0.4 is 14.8 Å². The number of carbonyl (C=O) groups is 2. The van der Waals surface area contributed by atoms with Gasteiger partial charge in [0.25, 0.3) is 0 Å². The summed E-state index contributed by atoms with van der Waals surface area (Å²) >= 11 is 0. The summed E-state index contributed by atoms with van der Waals surface area (Å²) in [5, 5.41) is 18.6. The number of carboxylic acid groups (broad SMARTS) is 2. The van der Waals surface area contributed by atoms with E-state index in [-0.39, 0.29) is 5.56 Å². The van der Waals surface area contributed by atoms with Crippen LogP contribution in [0.4, 0.5) is 0 Å². The van der Waals surface area contributed by atoms with Crippen molar-refractivity contribution in [3.05, 3.63) is 60.4 Å². The van der Waals surface area contributed by atoms with E-state index in [4.69, 9.17) is 9.84 Å². The van der Waals surface area contributed by atoms with Crippen LogP contribution in [0.1, 0.15) is 10.4 Å². The zero-order valence-corrected chi connectivity index (χ0v) is 12.0. The van der Waals surface area contributed by atoms with Crippen LogP contribution >= 0.6 is 0 Å². The molecule has 3 N–H and O–H groups in total. The van der Waals surface area contributed by atoms with Crippen molar-refractivity contribution < 1.29 is 29.5 Å². The molecule has 3 aromatic rings. The highest BCUT2D eigenvalue weighted by atomic mass is 16.5. The number of aromatic carboxylic acids is 1. The zero-order valence-electron chi connectivity index (χ0n) is 12.0. The van der Waals surface area contributed by atoms with Crippen LogP contribution in [0.15, 0.2) is 54.9 Å². The van der Waals surface area contributed by atoms with Gasteiger partial charge in [-0.25, -0.2) is 14.8 Å². The van der Waals surface area contributed by atoms with E-state index in [9.17, 15) is 14.7 Å². The number of carboxylic acids is 2. The molecule has 23 heavy (non-hydrogen) atoms. The fraction of sp³-hybridized carbons (Fsp3) is 0.0625. The van der Waals surface area contributed by atoms with Gasteiger partial charge in [-0.1, -0.05) is 12.1 Å². The number of rotatable bonds is 4. The molecule has 0 atom stereocenters. The van der Waals surface area contributed by atoms with Gasteiger partial charge in [0.2, 0.25) is 6.33 Å². The highest BCUT2D eigenvalue weighted by Gasteiger charge is 2.01. The van der Waals surface area contributed by atoms with Gasteiger partial charge in [-0.2, -0.15) is 0 Å². The highest BCUT2D eigenvalue weighted by Crippen LogP contribution is 2.11. The monoisotopic (exact) mass is 314 g/mol. The number of hydrogen-bond acceptors (Lipinski definition) is 4. The molecular weight excluding hydrogens is 300 g/mol. The third-order valence-electron chi connectivity index (χ3n) is 2.84. The Bertz CT molecular complexity index is 765. The average molecular weight is 314 g/mol. The lowest BCUT2D eigenvalue weighted by Crippen LogP contribution is -2.28. The number of carbonyl (C=O) groups excluding carboxylic acids is 1. The Kier molecular flexibility index (Phi) is 5.30. The third-order valence-corrected chi connectivity index (χ3v) is 2.84. The molecule has 118 valence electrons. The first-order valence-corrected chi connectivity index (χ1v) is 6.66. The molecule has 0 spiro atoms. The molecule has 0 bridgehead atoms. The van der Waals surface area contributed by atoms with Crippen LogP contribution in [0, 0.1) is 0 Å². The zero-order chi connectivity index (χ0) is 16.7. The molecule has 2 aromatic carbocycles. The Balaban J connectivity index is 0.000000182. The molecule has 0 aliphatic carbocycles. The Morgan fingerprint density at radius 3 is 2.43 bits per heavy atom. The molecule has 7 heteroatoms. The van der Waals surface area contributed by atoms with Crippen molar-refractivity contribution >= 4 is 23.0 Å². The number of imidazole rings is 1. The van der Waals surface area contributed by atoms with E-state index in [1.54, 1.807) is 0 Å². The van der Waals surface area contributed by atoms with Crippen molar-refractivity contribution in [2.75, 3.05) is 6.61 Å². The lowest BCUT2D eigenvalue weighted by molar-refractivity contribution is -0.344. The minimum atomic E-state index is -1.33. The second-order valence-electron chi connectivity index (χ2n) is 4.47. The van der Waals surface area contributed by atoms with Crippen molar-refractivity contribution in [2.24, 2.45) is 0 Å². The molecular formula is C16H14N2O5. The first-order valence-electron chi connectivity index (χ1n) is 6.66. The quantitative estimate of drug-likeness (QED) is 0.727. The van der Waals surface area contributed by atoms with Crippen LogP contribution in [0.5, 0.6) is 5.75 Å². The molecule has 0 aliphatic heterocycles. The summed E-state index contributed by atoms with van der Waals surface area (Å²) in [5.74, 6) is -2.08. The molecule has 3 rings (SSSR count). The van der Waals surface area contributed by atoms with Crippen molar-refractivity contribution in [1.82, 2.24) is 4.98 Å². The smallest absolute Gasteiger partial charge is 0.335 e. The van der Waals surface area contributed by atoms with Crippen LogP contribution in [-0.2, 0) is 4.79 Å². The van der Waals surface area contributed by atoms with E-state index in [1.165, 1.54) is 24.3 Å². The summed E-state index contributed by atoms with van der Waals surface area (Å²) in [6, 6.07) is 13.5. The van der Waals surface area contributed by atoms with Crippen LogP contribution in [0.3, 0.4) is 0 Å². The summed E-state index contributed by atoms with van der Waals surface area (Å²) in [5.41, 5.74) is 2.42. The van der Waals surface area contributed by atoms with E-state index in [2.05, 4.69) is 9.97 Å². The van der Waals surface area contributed by atoms with Gasteiger partial charge in [-0.05, 0) is 36.4 Å². The summed E-state index contributed by atoms with van der Waals surface area (Å²) in [6.07, 6.45) is 1.82. The van der Waals surface area contributed by atoms with E-state index in [1.807, 2.05) is 30.6 Å². The summed E-state index contributed by atoms with van der Waals surface area (Å²) in [7, 11) is 0. The third kappa shape index (κ3) is 4.85. The van der Waals surface area contributed by atoms with Crippen LogP contribution in [-0.4, -0.2) is 28.6 Å². The first kappa shape index (κ1) is 16.0. The van der Waals surface area contributed by atoms with Crippen LogP contribution in [0.25, 0.3) is 11.0 Å². The topological polar surface area (TPSA) is 117 Å².